The molecule has 0 aliphatic rings. The topological polar surface area (TPSA) is 76.4 Å². The van der Waals surface area contributed by atoms with Crippen LogP contribution in [0.1, 0.15) is 53.9 Å². The summed E-state index contributed by atoms with van der Waals surface area (Å²) in [6.45, 7) is 10.2. The summed E-state index contributed by atoms with van der Waals surface area (Å²) in [5, 5.41) is 8.53. The van der Waals surface area contributed by atoms with Crippen molar-refractivity contribution in [1.29, 1.82) is 5.26 Å². The molecule has 0 aromatic carbocycles. The van der Waals surface area contributed by atoms with Gasteiger partial charge in [-0.2, -0.15) is 5.26 Å². The average molecular weight is 311 g/mol. The largest absolute Gasteiger partial charge is 0.466 e. The fourth-order valence-corrected chi connectivity index (χ4v) is 2.42. The minimum absolute atomic E-state index is 0.0706. The van der Waals surface area contributed by atoms with Gasteiger partial charge in [0.1, 0.15) is 6.61 Å². The molecule has 0 saturated heterocycles. The Balaban J connectivity index is 5.14. The molecule has 5 nitrogen and oxygen atoms in total. The molecule has 0 radical (unpaired) electrons. The molecule has 2 unspecified atom stereocenters. The number of nitriles is 1. The second kappa shape index (κ2) is 11.1. The van der Waals surface area contributed by atoms with E-state index in [1.54, 1.807) is 6.92 Å². The Bertz CT molecular complexity index is 385. The summed E-state index contributed by atoms with van der Waals surface area (Å²) >= 11 is 0. The van der Waals surface area contributed by atoms with Crippen molar-refractivity contribution >= 4 is 11.9 Å². The Labute approximate surface area is 134 Å². The van der Waals surface area contributed by atoms with Gasteiger partial charge in [0.25, 0.3) is 0 Å². The van der Waals surface area contributed by atoms with E-state index in [-0.39, 0.29) is 30.8 Å². The number of ether oxygens (including phenoxy) is 2. The predicted molar refractivity (Wildman–Crippen MR) is 83.7 cm³/mol. The second-order valence-electron chi connectivity index (χ2n) is 6.30. The average Bonchev–Trinajstić information content (AvgIpc) is 2.42. The summed E-state index contributed by atoms with van der Waals surface area (Å²) in [5.41, 5.74) is 0. The Hall–Kier alpha value is -1.57. The first kappa shape index (κ1) is 20.4. The maximum Gasteiger partial charge on any atom is 0.309 e. The lowest BCUT2D eigenvalue weighted by Gasteiger charge is -2.26. The summed E-state index contributed by atoms with van der Waals surface area (Å²) in [7, 11) is 0. The van der Waals surface area contributed by atoms with Gasteiger partial charge in [-0.1, -0.05) is 27.7 Å². The molecule has 0 aromatic rings. The highest BCUT2D eigenvalue weighted by molar-refractivity contribution is 5.82. The van der Waals surface area contributed by atoms with Crippen LogP contribution < -0.4 is 0 Å². The third-order valence-electron chi connectivity index (χ3n) is 3.29. The van der Waals surface area contributed by atoms with Crippen molar-refractivity contribution in [3.63, 3.8) is 0 Å². The Morgan fingerprint density at radius 2 is 1.41 bits per heavy atom. The van der Waals surface area contributed by atoms with Gasteiger partial charge in [0.15, 0.2) is 0 Å². The minimum atomic E-state index is -0.514. The molecule has 5 heteroatoms. The highest BCUT2D eigenvalue weighted by Crippen LogP contribution is 2.29. The van der Waals surface area contributed by atoms with E-state index >= 15 is 0 Å². The predicted octanol–water partition coefficient (Wildman–Crippen LogP) is 3.33. The Morgan fingerprint density at radius 1 is 0.955 bits per heavy atom. The molecule has 0 rings (SSSR count). The van der Waals surface area contributed by atoms with Crippen LogP contribution in [0.4, 0.5) is 0 Å². The van der Waals surface area contributed by atoms with Crippen LogP contribution in [0, 0.1) is 35.0 Å². The van der Waals surface area contributed by atoms with E-state index in [0.717, 1.165) is 0 Å². The Kier molecular flexibility index (Phi) is 10.3. The van der Waals surface area contributed by atoms with E-state index < -0.39 is 17.8 Å². The third kappa shape index (κ3) is 8.02. The fourth-order valence-electron chi connectivity index (χ4n) is 2.42. The van der Waals surface area contributed by atoms with Crippen LogP contribution in [0.5, 0.6) is 0 Å². The molecule has 22 heavy (non-hydrogen) atoms. The monoisotopic (exact) mass is 311 g/mol. The summed E-state index contributed by atoms with van der Waals surface area (Å²) in [4.78, 5) is 24.6. The first-order chi connectivity index (χ1) is 10.3. The second-order valence-corrected chi connectivity index (χ2v) is 6.30. The lowest BCUT2D eigenvalue weighted by molar-refractivity contribution is -0.162. The molecule has 0 N–H and O–H groups in total. The van der Waals surface area contributed by atoms with E-state index in [4.69, 9.17) is 14.7 Å². The highest BCUT2D eigenvalue weighted by atomic mass is 16.5. The molecule has 2 atom stereocenters. The summed E-state index contributed by atoms with van der Waals surface area (Å²) in [6.07, 6.45) is 1.32. The van der Waals surface area contributed by atoms with Gasteiger partial charge >= 0.3 is 11.9 Å². The van der Waals surface area contributed by atoms with Crippen molar-refractivity contribution in [1.82, 2.24) is 0 Å². The van der Waals surface area contributed by atoms with E-state index in [9.17, 15) is 9.59 Å². The minimum Gasteiger partial charge on any atom is -0.466 e. The van der Waals surface area contributed by atoms with Gasteiger partial charge in [-0.05, 0) is 31.6 Å². The summed E-state index contributed by atoms with van der Waals surface area (Å²) in [6, 6.07) is 1.94. The molecule has 0 aromatic heterocycles. The number of hydrogen-bond donors (Lipinski definition) is 0. The summed E-state index contributed by atoms with van der Waals surface area (Å²) < 4.78 is 10.3. The standard InChI is InChI=1S/C17H29NO4/c1-6-21-16(19)14(10-12(2)3)15(11-13(4)5)17(20)22-9-7-8-18/h12-15H,6-7,9-11H2,1-5H3. The highest BCUT2D eigenvalue weighted by Gasteiger charge is 2.36. The van der Waals surface area contributed by atoms with Gasteiger partial charge in [-0.15, -0.1) is 0 Å². The van der Waals surface area contributed by atoms with E-state index in [2.05, 4.69) is 0 Å². The molecular weight excluding hydrogens is 282 g/mol. The van der Waals surface area contributed by atoms with Crippen LogP contribution in [0.3, 0.4) is 0 Å². The smallest absolute Gasteiger partial charge is 0.309 e. The molecule has 0 fully saturated rings. The zero-order chi connectivity index (χ0) is 17.1. The molecule has 0 bridgehead atoms. The van der Waals surface area contributed by atoms with Crippen molar-refractivity contribution in [2.75, 3.05) is 13.2 Å². The molecule has 0 saturated carbocycles. The fraction of sp³-hybridized carbons (Fsp3) is 0.824. The molecule has 126 valence electrons. The number of esters is 2. The van der Waals surface area contributed by atoms with E-state index in [0.29, 0.717) is 19.4 Å². The van der Waals surface area contributed by atoms with Crippen LogP contribution in [-0.2, 0) is 19.1 Å². The van der Waals surface area contributed by atoms with Crippen LogP contribution >= 0.6 is 0 Å². The number of carbonyl (C=O) groups excluding carboxylic acids is 2. The third-order valence-corrected chi connectivity index (χ3v) is 3.29. The molecule has 0 heterocycles. The van der Waals surface area contributed by atoms with Crippen molar-refractivity contribution in [3.05, 3.63) is 0 Å². The molecular formula is C17H29NO4. The van der Waals surface area contributed by atoms with Crippen LogP contribution in [-0.4, -0.2) is 25.2 Å². The first-order valence-corrected chi connectivity index (χ1v) is 8.03. The van der Waals surface area contributed by atoms with E-state index in [1.165, 1.54) is 0 Å². The van der Waals surface area contributed by atoms with Crippen LogP contribution in [0.2, 0.25) is 0 Å². The lowest BCUT2D eigenvalue weighted by atomic mass is 9.80. The van der Waals surface area contributed by atoms with Gasteiger partial charge in [0.2, 0.25) is 0 Å². The van der Waals surface area contributed by atoms with Crippen molar-refractivity contribution in [2.45, 2.75) is 53.9 Å². The molecule has 0 amide bonds. The van der Waals surface area contributed by atoms with Gasteiger partial charge in [-0.3, -0.25) is 9.59 Å². The number of nitrogens with zero attached hydrogens (tertiary/aromatic N) is 1. The van der Waals surface area contributed by atoms with Crippen molar-refractivity contribution < 1.29 is 19.1 Å². The number of carbonyl (C=O) groups is 2. The normalized spacial score (nSPS) is 13.5. The number of rotatable bonds is 10. The van der Waals surface area contributed by atoms with Gasteiger partial charge < -0.3 is 9.47 Å². The van der Waals surface area contributed by atoms with Gasteiger partial charge in [0, 0.05) is 0 Å². The maximum absolute atomic E-state index is 12.3. The zero-order valence-corrected chi connectivity index (χ0v) is 14.4. The zero-order valence-electron chi connectivity index (χ0n) is 14.4. The maximum atomic E-state index is 12.3. The summed E-state index contributed by atoms with van der Waals surface area (Å²) in [5.74, 6) is -1.20. The van der Waals surface area contributed by atoms with Crippen LogP contribution in [0.25, 0.3) is 0 Å². The molecule has 0 spiro atoms. The van der Waals surface area contributed by atoms with Crippen LogP contribution in [0.15, 0.2) is 0 Å². The first-order valence-electron chi connectivity index (χ1n) is 8.03. The van der Waals surface area contributed by atoms with Gasteiger partial charge in [-0.25, -0.2) is 0 Å². The van der Waals surface area contributed by atoms with E-state index in [1.807, 2.05) is 33.8 Å². The van der Waals surface area contributed by atoms with Crippen molar-refractivity contribution in [3.8, 4) is 6.07 Å². The molecule has 0 aliphatic carbocycles. The number of hydrogen-bond acceptors (Lipinski definition) is 5. The Morgan fingerprint density at radius 3 is 1.77 bits per heavy atom. The lowest BCUT2D eigenvalue weighted by Crippen LogP contribution is -2.34. The van der Waals surface area contributed by atoms with Crippen molar-refractivity contribution in [2.24, 2.45) is 23.7 Å². The molecule has 0 aliphatic heterocycles. The SMILES string of the molecule is CCOC(=O)C(CC(C)C)C(CC(C)C)C(=O)OCCC#N. The quantitative estimate of drug-likeness (QED) is 0.457. The van der Waals surface area contributed by atoms with Gasteiger partial charge in [0.05, 0.1) is 30.9 Å².